The smallest absolute Gasteiger partial charge is 0.258 e. The van der Waals surface area contributed by atoms with E-state index in [1.165, 1.54) is 0 Å². The summed E-state index contributed by atoms with van der Waals surface area (Å²) in [6.45, 7) is 4.54. The van der Waals surface area contributed by atoms with E-state index < -0.39 is 0 Å². The Balaban J connectivity index is 1.91. The lowest BCUT2D eigenvalue weighted by atomic mass is 10.1. The fourth-order valence-electron chi connectivity index (χ4n) is 2.71. The van der Waals surface area contributed by atoms with Crippen molar-refractivity contribution in [3.63, 3.8) is 0 Å². The van der Waals surface area contributed by atoms with Gasteiger partial charge in [0.1, 0.15) is 11.5 Å². The van der Waals surface area contributed by atoms with Gasteiger partial charge in [-0.05, 0) is 62.8 Å². The molecule has 0 radical (unpaired) electrons. The number of likely N-dealkylation sites (N-methyl/N-ethyl adjacent to an activating group) is 1. The highest BCUT2D eigenvalue weighted by atomic mass is 16.5. The quantitative estimate of drug-likeness (QED) is 0.790. The van der Waals surface area contributed by atoms with Gasteiger partial charge in [0.2, 0.25) is 0 Å². The number of carbonyl (C=O) groups excluding carboxylic acids is 1. The Morgan fingerprint density at radius 1 is 1.12 bits per heavy atom. The summed E-state index contributed by atoms with van der Waals surface area (Å²) in [5.41, 5.74) is 3.33. The van der Waals surface area contributed by atoms with Gasteiger partial charge in [0.25, 0.3) is 5.91 Å². The van der Waals surface area contributed by atoms with Crippen molar-refractivity contribution in [1.82, 2.24) is 10.2 Å². The molecule has 1 atom stereocenters. The molecule has 0 aliphatic carbocycles. The van der Waals surface area contributed by atoms with Gasteiger partial charge in [0, 0.05) is 6.54 Å². The molecule has 26 heavy (non-hydrogen) atoms. The number of aryl methyl sites for hydroxylation is 1. The second-order valence-electron chi connectivity index (χ2n) is 6.54. The summed E-state index contributed by atoms with van der Waals surface area (Å²) in [5, 5.41) is 2.96. The molecule has 1 N–H and O–H groups in total. The number of nitrogens with zero attached hydrogens (tertiary/aromatic N) is 1. The topological polar surface area (TPSA) is 50.8 Å². The number of amides is 1. The zero-order chi connectivity index (χ0) is 19.1. The van der Waals surface area contributed by atoms with Gasteiger partial charge < -0.3 is 19.7 Å². The number of methoxy groups -OCH3 is 1. The normalized spacial score (nSPS) is 11.9. The molecule has 0 saturated carbocycles. The Morgan fingerprint density at radius 3 is 2.42 bits per heavy atom. The average Bonchev–Trinajstić information content (AvgIpc) is 2.63. The minimum absolute atomic E-state index is 0.00700. The van der Waals surface area contributed by atoms with E-state index in [2.05, 4.69) is 10.2 Å². The van der Waals surface area contributed by atoms with Gasteiger partial charge in [-0.15, -0.1) is 0 Å². The number of carbonyl (C=O) groups is 1. The number of ether oxygens (including phenoxy) is 2. The van der Waals surface area contributed by atoms with Crippen molar-refractivity contribution in [1.29, 1.82) is 0 Å². The van der Waals surface area contributed by atoms with Crippen molar-refractivity contribution >= 4 is 5.91 Å². The van der Waals surface area contributed by atoms with E-state index in [1.807, 2.05) is 70.4 Å². The third-order valence-corrected chi connectivity index (χ3v) is 4.53. The number of hydrogen-bond acceptors (Lipinski definition) is 4. The van der Waals surface area contributed by atoms with Crippen LogP contribution in [0.15, 0.2) is 42.5 Å². The van der Waals surface area contributed by atoms with Crippen LogP contribution in [0.1, 0.15) is 22.7 Å². The Labute approximate surface area is 155 Å². The first-order valence-electron chi connectivity index (χ1n) is 8.68. The molecule has 5 nitrogen and oxygen atoms in total. The lowest BCUT2D eigenvalue weighted by Crippen LogP contribution is -2.36. The van der Waals surface area contributed by atoms with E-state index in [0.29, 0.717) is 6.54 Å². The number of rotatable bonds is 8. The van der Waals surface area contributed by atoms with Crippen LogP contribution in [0.4, 0.5) is 0 Å². The van der Waals surface area contributed by atoms with Crippen LogP contribution in [-0.4, -0.2) is 45.2 Å². The van der Waals surface area contributed by atoms with E-state index in [0.717, 1.165) is 28.2 Å². The molecule has 0 spiro atoms. The van der Waals surface area contributed by atoms with Gasteiger partial charge in [-0.1, -0.05) is 24.3 Å². The summed E-state index contributed by atoms with van der Waals surface area (Å²) in [5.74, 6) is 1.43. The molecule has 5 heteroatoms. The first-order chi connectivity index (χ1) is 12.4. The summed E-state index contributed by atoms with van der Waals surface area (Å²) in [7, 11) is 5.63. The summed E-state index contributed by atoms with van der Waals surface area (Å²) >= 11 is 0. The molecule has 0 fully saturated rings. The lowest BCUT2D eigenvalue weighted by molar-refractivity contribution is -0.123. The Kier molecular flexibility index (Phi) is 7.04. The van der Waals surface area contributed by atoms with Crippen LogP contribution >= 0.6 is 0 Å². The Morgan fingerprint density at radius 2 is 1.81 bits per heavy atom. The summed E-state index contributed by atoms with van der Waals surface area (Å²) < 4.78 is 10.9. The van der Waals surface area contributed by atoms with Crippen molar-refractivity contribution in [2.75, 3.05) is 34.4 Å². The molecule has 2 aromatic carbocycles. The molecule has 0 saturated heterocycles. The second kappa shape index (κ2) is 9.25. The molecule has 0 heterocycles. The lowest BCUT2D eigenvalue weighted by Gasteiger charge is -2.25. The number of hydrogen-bond donors (Lipinski definition) is 1. The van der Waals surface area contributed by atoms with Crippen LogP contribution in [0.3, 0.4) is 0 Å². The van der Waals surface area contributed by atoms with E-state index in [-0.39, 0.29) is 18.6 Å². The third kappa shape index (κ3) is 5.23. The van der Waals surface area contributed by atoms with E-state index in [4.69, 9.17) is 9.47 Å². The monoisotopic (exact) mass is 356 g/mol. The Hall–Kier alpha value is -2.53. The zero-order valence-corrected chi connectivity index (χ0v) is 16.2. The summed E-state index contributed by atoms with van der Waals surface area (Å²) in [6.07, 6.45) is 0. The minimum atomic E-state index is -0.133. The zero-order valence-electron chi connectivity index (χ0n) is 16.2. The maximum absolute atomic E-state index is 12.2. The van der Waals surface area contributed by atoms with Crippen molar-refractivity contribution in [2.45, 2.75) is 19.9 Å². The molecule has 2 aromatic rings. The SMILES string of the molecule is COc1ccc(C(CNC(=O)COc2cccc(C)c2C)N(C)C)cc1. The molecule has 2 rings (SSSR count). The van der Waals surface area contributed by atoms with E-state index in [9.17, 15) is 4.79 Å². The molecule has 1 unspecified atom stereocenters. The van der Waals surface area contributed by atoms with Gasteiger partial charge in [-0.25, -0.2) is 0 Å². The highest BCUT2D eigenvalue weighted by Crippen LogP contribution is 2.21. The van der Waals surface area contributed by atoms with Gasteiger partial charge >= 0.3 is 0 Å². The standard InChI is InChI=1S/C21H28N2O3/c1-15-7-6-8-20(16(15)2)26-14-21(24)22-13-19(23(3)4)17-9-11-18(25-5)12-10-17/h6-12,19H,13-14H2,1-5H3,(H,22,24). The van der Waals surface area contributed by atoms with Crippen LogP contribution in [-0.2, 0) is 4.79 Å². The van der Waals surface area contributed by atoms with Crippen LogP contribution in [0.5, 0.6) is 11.5 Å². The van der Waals surface area contributed by atoms with Gasteiger partial charge in [-0.2, -0.15) is 0 Å². The predicted octanol–water partition coefficient (Wildman–Crippen LogP) is 3.11. The second-order valence-corrected chi connectivity index (χ2v) is 6.54. The van der Waals surface area contributed by atoms with E-state index >= 15 is 0 Å². The minimum Gasteiger partial charge on any atom is -0.497 e. The van der Waals surface area contributed by atoms with Crippen LogP contribution in [0.25, 0.3) is 0 Å². The number of nitrogens with one attached hydrogen (secondary N) is 1. The van der Waals surface area contributed by atoms with Crippen molar-refractivity contribution in [3.8, 4) is 11.5 Å². The van der Waals surface area contributed by atoms with Gasteiger partial charge in [0.15, 0.2) is 6.61 Å². The molecular formula is C21H28N2O3. The fourth-order valence-corrected chi connectivity index (χ4v) is 2.71. The van der Waals surface area contributed by atoms with Crippen LogP contribution in [0.2, 0.25) is 0 Å². The highest BCUT2D eigenvalue weighted by molar-refractivity contribution is 5.77. The first kappa shape index (κ1) is 19.8. The van der Waals surface area contributed by atoms with Crippen molar-refractivity contribution < 1.29 is 14.3 Å². The maximum Gasteiger partial charge on any atom is 0.258 e. The first-order valence-corrected chi connectivity index (χ1v) is 8.68. The number of benzene rings is 2. The van der Waals surface area contributed by atoms with Crippen LogP contribution in [0, 0.1) is 13.8 Å². The molecule has 0 aliphatic heterocycles. The fraction of sp³-hybridized carbons (Fsp3) is 0.381. The molecule has 0 aliphatic rings. The molecular weight excluding hydrogens is 328 g/mol. The maximum atomic E-state index is 12.2. The molecule has 140 valence electrons. The van der Waals surface area contributed by atoms with E-state index in [1.54, 1.807) is 7.11 Å². The molecule has 0 bridgehead atoms. The van der Waals surface area contributed by atoms with Gasteiger partial charge in [-0.3, -0.25) is 4.79 Å². The molecule has 1 amide bonds. The third-order valence-electron chi connectivity index (χ3n) is 4.53. The van der Waals surface area contributed by atoms with Gasteiger partial charge in [0.05, 0.1) is 13.2 Å². The molecule has 0 aromatic heterocycles. The predicted molar refractivity (Wildman–Crippen MR) is 104 cm³/mol. The van der Waals surface area contributed by atoms with Crippen molar-refractivity contribution in [2.24, 2.45) is 0 Å². The Bertz CT molecular complexity index is 727. The largest absolute Gasteiger partial charge is 0.497 e. The van der Waals surface area contributed by atoms with Crippen molar-refractivity contribution in [3.05, 3.63) is 59.2 Å². The summed E-state index contributed by atoms with van der Waals surface area (Å²) in [6, 6.07) is 13.8. The average molecular weight is 356 g/mol. The highest BCUT2D eigenvalue weighted by Gasteiger charge is 2.16. The summed E-state index contributed by atoms with van der Waals surface area (Å²) in [4.78, 5) is 14.3. The van der Waals surface area contributed by atoms with Crippen LogP contribution < -0.4 is 14.8 Å².